The van der Waals surface area contributed by atoms with Gasteiger partial charge in [-0.15, -0.1) is 0 Å². The molecule has 1 amide bonds. The Morgan fingerprint density at radius 2 is 2.33 bits per heavy atom. The van der Waals surface area contributed by atoms with Crippen LogP contribution >= 0.6 is 0 Å². The lowest BCUT2D eigenvalue weighted by molar-refractivity contribution is -0.139. The van der Waals surface area contributed by atoms with Crippen LogP contribution in [0.25, 0.3) is 0 Å². The lowest BCUT2D eigenvalue weighted by atomic mass is 10.2. The molecule has 0 aliphatic carbocycles. The third kappa shape index (κ3) is 2.80. The van der Waals surface area contributed by atoms with Crippen molar-refractivity contribution in [1.29, 1.82) is 0 Å². The highest BCUT2D eigenvalue weighted by molar-refractivity contribution is 5.94. The molecule has 6 heteroatoms. The van der Waals surface area contributed by atoms with Crippen molar-refractivity contribution in [2.45, 2.75) is 19.4 Å². The molecule has 1 aromatic heterocycles. The van der Waals surface area contributed by atoms with Crippen molar-refractivity contribution in [2.24, 2.45) is 7.05 Å². The number of amides is 1. The van der Waals surface area contributed by atoms with E-state index in [4.69, 9.17) is 5.11 Å². The molecule has 82 valence electrons. The van der Waals surface area contributed by atoms with Gasteiger partial charge in [0.2, 0.25) is 0 Å². The molecular formula is C9H13N3O3. The highest BCUT2D eigenvalue weighted by Crippen LogP contribution is 1.97. The molecule has 1 atom stereocenters. The molecule has 1 rings (SSSR count). The van der Waals surface area contributed by atoms with E-state index in [2.05, 4.69) is 10.3 Å². The fourth-order valence-electron chi connectivity index (χ4n) is 1.10. The van der Waals surface area contributed by atoms with Gasteiger partial charge in [0, 0.05) is 13.2 Å². The predicted molar refractivity (Wildman–Crippen MR) is 52.4 cm³/mol. The van der Waals surface area contributed by atoms with Gasteiger partial charge >= 0.3 is 5.97 Å². The van der Waals surface area contributed by atoms with E-state index in [0.717, 1.165) is 0 Å². The van der Waals surface area contributed by atoms with Gasteiger partial charge < -0.3 is 15.0 Å². The standard InChI is InChI=1S/C9H13N3O3/c1-3-6(9(14)15)11-8(13)7-4-12(2)5-10-7/h4-6H,3H2,1-2H3,(H,11,13)(H,14,15)/t6-/m1/s1. The highest BCUT2D eigenvalue weighted by atomic mass is 16.4. The summed E-state index contributed by atoms with van der Waals surface area (Å²) in [7, 11) is 1.73. The maximum absolute atomic E-state index is 11.5. The molecule has 15 heavy (non-hydrogen) atoms. The summed E-state index contributed by atoms with van der Waals surface area (Å²) in [6, 6.07) is -0.862. The number of carboxylic acids is 1. The lowest BCUT2D eigenvalue weighted by Gasteiger charge is -2.10. The van der Waals surface area contributed by atoms with Crippen LogP contribution in [-0.4, -0.2) is 32.6 Å². The third-order valence-electron chi connectivity index (χ3n) is 1.95. The van der Waals surface area contributed by atoms with Crippen molar-refractivity contribution in [3.8, 4) is 0 Å². The van der Waals surface area contributed by atoms with Gasteiger partial charge in [0.15, 0.2) is 0 Å². The molecule has 0 spiro atoms. The fourth-order valence-corrected chi connectivity index (χ4v) is 1.10. The smallest absolute Gasteiger partial charge is 0.326 e. The van der Waals surface area contributed by atoms with E-state index >= 15 is 0 Å². The van der Waals surface area contributed by atoms with E-state index in [-0.39, 0.29) is 5.69 Å². The van der Waals surface area contributed by atoms with Gasteiger partial charge in [-0.3, -0.25) is 4.79 Å². The molecule has 0 saturated carbocycles. The molecule has 0 fully saturated rings. The van der Waals surface area contributed by atoms with Gasteiger partial charge in [-0.25, -0.2) is 9.78 Å². The van der Waals surface area contributed by atoms with Crippen molar-refractivity contribution in [3.05, 3.63) is 18.2 Å². The van der Waals surface area contributed by atoms with Crippen molar-refractivity contribution < 1.29 is 14.7 Å². The second-order valence-corrected chi connectivity index (χ2v) is 3.20. The Balaban J connectivity index is 2.66. The number of aryl methyl sites for hydroxylation is 1. The van der Waals surface area contributed by atoms with Crippen LogP contribution in [0.15, 0.2) is 12.5 Å². The lowest BCUT2D eigenvalue weighted by Crippen LogP contribution is -2.40. The Morgan fingerprint density at radius 1 is 1.67 bits per heavy atom. The van der Waals surface area contributed by atoms with E-state index in [1.807, 2.05) is 0 Å². The third-order valence-corrected chi connectivity index (χ3v) is 1.95. The maximum Gasteiger partial charge on any atom is 0.326 e. The second-order valence-electron chi connectivity index (χ2n) is 3.20. The Hall–Kier alpha value is -1.85. The number of aliphatic carboxylic acids is 1. The number of carbonyl (C=O) groups excluding carboxylic acids is 1. The van der Waals surface area contributed by atoms with Crippen LogP contribution in [0.5, 0.6) is 0 Å². The summed E-state index contributed by atoms with van der Waals surface area (Å²) in [6.07, 6.45) is 3.36. The quantitative estimate of drug-likeness (QED) is 0.735. The zero-order chi connectivity index (χ0) is 11.4. The number of carboxylic acid groups (broad SMARTS) is 1. The van der Waals surface area contributed by atoms with Gasteiger partial charge in [0.1, 0.15) is 11.7 Å². The molecule has 0 aromatic carbocycles. The average Bonchev–Trinajstić information content (AvgIpc) is 2.60. The van der Waals surface area contributed by atoms with E-state index < -0.39 is 17.9 Å². The van der Waals surface area contributed by atoms with Gasteiger partial charge in [0.25, 0.3) is 5.91 Å². The summed E-state index contributed by atoms with van der Waals surface area (Å²) in [4.78, 5) is 26.0. The van der Waals surface area contributed by atoms with Crippen molar-refractivity contribution in [3.63, 3.8) is 0 Å². The SMILES string of the molecule is CC[C@@H](NC(=O)c1cn(C)cn1)C(=O)O. The number of carbonyl (C=O) groups is 2. The van der Waals surface area contributed by atoms with Crippen LogP contribution in [0.2, 0.25) is 0 Å². The van der Waals surface area contributed by atoms with Gasteiger partial charge in [-0.1, -0.05) is 6.92 Å². The average molecular weight is 211 g/mol. The summed E-state index contributed by atoms with van der Waals surface area (Å²) < 4.78 is 1.62. The Bertz CT molecular complexity index is 372. The van der Waals surface area contributed by atoms with Crippen LogP contribution in [0, 0.1) is 0 Å². The van der Waals surface area contributed by atoms with Gasteiger partial charge in [-0.2, -0.15) is 0 Å². The van der Waals surface area contributed by atoms with E-state index in [1.165, 1.54) is 12.5 Å². The van der Waals surface area contributed by atoms with Crippen LogP contribution in [-0.2, 0) is 11.8 Å². The topological polar surface area (TPSA) is 84.2 Å². The Labute approximate surface area is 86.9 Å². The van der Waals surface area contributed by atoms with Crippen LogP contribution in [0.1, 0.15) is 23.8 Å². The van der Waals surface area contributed by atoms with Gasteiger partial charge in [0.05, 0.1) is 6.33 Å². The monoisotopic (exact) mass is 211 g/mol. The number of nitrogens with zero attached hydrogens (tertiary/aromatic N) is 2. The normalized spacial score (nSPS) is 12.1. The molecule has 0 aliphatic heterocycles. The van der Waals surface area contributed by atoms with E-state index in [9.17, 15) is 9.59 Å². The van der Waals surface area contributed by atoms with Gasteiger partial charge in [-0.05, 0) is 6.42 Å². The maximum atomic E-state index is 11.5. The number of aromatic nitrogens is 2. The van der Waals surface area contributed by atoms with Crippen LogP contribution in [0.4, 0.5) is 0 Å². The second kappa shape index (κ2) is 4.59. The molecular weight excluding hydrogens is 198 g/mol. The first-order valence-corrected chi connectivity index (χ1v) is 4.56. The molecule has 0 aliphatic rings. The molecule has 0 bridgehead atoms. The van der Waals surface area contributed by atoms with Crippen molar-refractivity contribution >= 4 is 11.9 Å². The van der Waals surface area contributed by atoms with E-state index in [0.29, 0.717) is 6.42 Å². The molecule has 0 radical (unpaired) electrons. The summed E-state index contributed by atoms with van der Waals surface area (Å²) >= 11 is 0. The minimum atomic E-state index is -1.04. The van der Waals surface area contributed by atoms with Crippen LogP contribution < -0.4 is 5.32 Å². The molecule has 0 unspecified atom stereocenters. The largest absolute Gasteiger partial charge is 0.480 e. The Kier molecular flexibility index (Phi) is 3.43. The minimum Gasteiger partial charge on any atom is -0.480 e. The highest BCUT2D eigenvalue weighted by Gasteiger charge is 2.19. The van der Waals surface area contributed by atoms with Crippen LogP contribution in [0.3, 0.4) is 0 Å². The molecule has 2 N–H and O–H groups in total. The summed E-state index contributed by atoms with van der Waals surface area (Å²) in [5, 5.41) is 11.1. The van der Waals surface area contributed by atoms with Crippen molar-refractivity contribution in [1.82, 2.24) is 14.9 Å². The number of rotatable bonds is 4. The fraction of sp³-hybridized carbons (Fsp3) is 0.444. The first kappa shape index (κ1) is 11.2. The molecule has 6 nitrogen and oxygen atoms in total. The van der Waals surface area contributed by atoms with Crippen molar-refractivity contribution in [2.75, 3.05) is 0 Å². The first-order valence-electron chi connectivity index (χ1n) is 4.56. The number of hydrogen-bond acceptors (Lipinski definition) is 3. The molecule has 1 aromatic rings. The minimum absolute atomic E-state index is 0.220. The zero-order valence-electron chi connectivity index (χ0n) is 8.60. The number of imidazole rings is 1. The number of hydrogen-bond donors (Lipinski definition) is 2. The molecule has 1 heterocycles. The zero-order valence-corrected chi connectivity index (χ0v) is 8.60. The summed E-state index contributed by atoms with van der Waals surface area (Å²) in [6.45, 7) is 1.69. The first-order chi connectivity index (χ1) is 7.04. The summed E-state index contributed by atoms with van der Waals surface area (Å²) in [5.41, 5.74) is 0.220. The predicted octanol–water partition coefficient (Wildman–Crippen LogP) is 0.0131. The number of nitrogens with one attached hydrogen (secondary N) is 1. The van der Waals surface area contributed by atoms with E-state index in [1.54, 1.807) is 18.5 Å². The molecule has 0 saturated heterocycles. The summed E-state index contributed by atoms with van der Waals surface area (Å²) in [5.74, 6) is -1.51. The Morgan fingerprint density at radius 3 is 2.73 bits per heavy atom.